The molecule has 0 amide bonds. The summed E-state index contributed by atoms with van der Waals surface area (Å²) < 4.78 is 26.7. The Hall–Kier alpha value is -3.18. The first kappa shape index (κ1) is 16.7. The number of aliphatic hydroxyl groups excluding tert-OH is 1. The highest BCUT2D eigenvalue weighted by Crippen LogP contribution is 2.35. The number of rotatable bonds is 4. The molecule has 7 nitrogen and oxygen atoms in total. The van der Waals surface area contributed by atoms with Crippen LogP contribution in [0.1, 0.15) is 18.4 Å². The molecule has 0 bridgehead atoms. The lowest BCUT2D eigenvalue weighted by Crippen LogP contribution is -2.29. The minimum Gasteiger partial charge on any atom is -0.506 e. The van der Waals surface area contributed by atoms with Crippen LogP contribution in [0.3, 0.4) is 0 Å². The molecule has 3 rings (SSSR count). The molecule has 0 unspecified atom stereocenters. The Kier molecular flexibility index (Phi) is 4.25. The number of fused-ring (bicyclic) bond motifs is 1. The summed E-state index contributed by atoms with van der Waals surface area (Å²) in [5.41, 5.74) is 0.928. The van der Waals surface area contributed by atoms with Crippen LogP contribution >= 0.6 is 0 Å². The predicted molar refractivity (Wildman–Crippen MR) is 94.7 cm³/mol. The van der Waals surface area contributed by atoms with Gasteiger partial charge in [-0.3, -0.25) is 0 Å². The van der Waals surface area contributed by atoms with E-state index >= 15 is 0 Å². The number of nitrogens with one attached hydrogen (secondary N) is 1. The molecule has 1 aliphatic heterocycles. The summed E-state index contributed by atoms with van der Waals surface area (Å²) in [5, 5.41) is 29.6. The standard InChI is InChI=1S/C17H15N3O4S/c18-7-3-1-2-4-12-5-6-13-10-16(21)15(9-14(13)8-12)20-11-17(22)19-25(20,23)24/h2,4-6,8-11,19,21-22H,1,3H2. The van der Waals surface area contributed by atoms with Crippen molar-refractivity contribution in [1.29, 1.82) is 5.26 Å². The van der Waals surface area contributed by atoms with Gasteiger partial charge in [-0.1, -0.05) is 24.3 Å². The number of phenolic OH excluding ortho intramolecular Hbond substituents is 1. The molecule has 0 saturated heterocycles. The third-order valence-electron chi connectivity index (χ3n) is 3.66. The van der Waals surface area contributed by atoms with E-state index in [0.717, 1.165) is 26.8 Å². The van der Waals surface area contributed by atoms with Crippen molar-refractivity contribution in [3.63, 3.8) is 0 Å². The van der Waals surface area contributed by atoms with Crippen molar-refractivity contribution in [2.75, 3.05) is 4.31 Å². The average Bonchev–Trinajstić information content (AvgIpc) is 2.83. The first-order chi connectivity index (χ1) is 11.9. The Labute approximate surface area is 144 Å². The summed E-state index contributed by atoms with van der Waals surface area (Å²) in [4.78, 5) is 0. The zero-order chi connectivity index (χ0) is 18.0. The van der Waals surface area contributed by atoms with Crippen LogP contribution in [0.4, 0.5) is 5.69 Å². The van der Waals surface area contributed by atoms with Gasteiger partial charge in [-0.2, -0.15) is 13.7 Å². The molecule has 1 aliphatic rings. The number of nitrogens with zero attached hydrogens (tertiary/aromatic N) is 2. The van der Waals surface area contributed by atoms with E-state index < -0.39 is 16.1 Å². The largest absolute Gasteiger partial charge is 0.506 e. The van der Waals surface area contributed by atoms with Crippen LogP contribution in [-0.2, 0) is 10.2 Å². The molecule has 128 valence electrons. The van der Waals surface area contributed by atoms with Crippen LogP contribution in [0.25, 0.3) is 16.8 Å². The Balaban J connectivity index is 2.02. The van der Waals surface area contributed by atoms with Crippen molar-refractivity contribution >= 4 is 32.7 Å². The zero-order valence-electron chi connectivity index (χ0n) is 13.0. The molecule has 2 aromatic rings. The molecule has 0 aromatic heterocycles. The molecule has 0 fully saturated rings. The third-order valence-corrected chi connectivity index (χ3v) is 4.95. The molecule has 3 N–H and O–H groups in total. The first-order valence-electron chi connectivity index (χ1n) is 7.44. The summed E-state index contributed by atoms with van der Waals surface area (Å²) >= 11 is 0. The van der Waals surface area contributed by atoms with E-state index in [1.807, 2.05) is 35.1 Å². The van der Waals surface area contributed by atoms with E-state index in [0.29, 0.717) is 12.8 Å². The Morgan fingerprint density at radius 1 is 1.20 bits per heavy atom. The number of hydrogen-bond acceptors (Lipinski definition) is 5. The molecule has 0 radical (unpaired) electrons. The number of allylic oxidation sites excluding steroid dienone is 1. The number of hydrogen-bond donors (Lipinski definition) is 3. The summed E-state index contributed by atoms with van der Waals surface area (Å²) in [7, 11) is -3.97. The topological polar surface area (TPSA) is 114 Å². The minimum absolute atomic E-state index is 0.0367. The van der Waals surface area contributed by atoms with Crippen molar-refractivity contribution in [2.24, 2.45) is 0 Å². The van der Waals surface area contributed by atoms with E-state index in [4.69, 9.17) is 5.26 Å². The van der Waals surface area contributed by atoms with Gasteiger partial charge in [0, 0.05) is 6.42 Å². The molecule has 1 heterocycles. The lowest BCUT2D eigenvalue weighted by molar-refractivity contribution is 0.392. The van der Waals surface area contributed by atoms with E-state index in [1.54, 1.807) is 0 Å². The van der Waals surface area contributed by atoms with Crippen molar-refractivity contribution in [2.45, 2.75) is 12.8 Å². The molecule has 0 spiro atoms. The van der Waals surface area contributed by atoms with Crippen LogP contribution in [-0.4, -0.2) is 18.6 Å². The maximum Gasteiger partial charge on any atom is 0.330 e. The van der Waals surface area contributed by atoms with Gasteiger partial charge in [0.2, 0.25) is 5.88 Å². The lowest BCUT2D eigenvalue weighted by Gasteiger charge is -2.16. The van der Waals surface area contributed by atoms with Gasteiger partial charge in [-0.05, 0) is 41.0 Å². The SMILES string of the molecule is N#CCCC=Cc1ccc2cc(O)c(N3C=C(O)NS3(=O)=O)cc2c1. The molecule has 0 aliphatic carbocycles. The number of unbranched alkanes of at least 4 members (excludes halogenated alkanes) is 1. The molecule has 2 aromatic carbocycles. The number of nitriles is 1. The molecule has 0 atom stereocenters. The normalized spacial score (nSPS) is 16.0. The van der Waals surface area contributed by atoms with Crippen molar-refractivity contribution < 1.29 is 18.6 Å². The Bertz CT molecular complexity index is 1040. The van der Waals surface area contributed by atoms with Crippen LogP contribution in [0.5, 0.6) is 5.75 Å². The summed E-state index contributed by atoms with van der Waals surface area (Å²) in [6, 6.07) is 10.6. The van der Waals surface area contributed by atoms with Crippen LogP contribution in [0.15, 0.2) is 48.5 Å². The number of aromatic hydroxyl groups is 1. The van der Waals surface area contributed by atoms with Gasteiger partial charge < -0.3 is 10.2 Å². The number of phenols is 1. The monoisotopic (exact) mass is 357 g/mol. The molecular formula is C17H15N3O4S. The molecule has 25 heavy (non-hydrogen) atoms. The smallest absolute Gasteiger partial charge is 0.330 e. The fraction of sp³-hybridized carbons (Fsp3) is 0.118. The zero-order valence-corrected chi connectivity index (χ0v) is 13.9. The molecular weight excluding hydrogens is 342 g/mol. The van der Waals surface area contributed by atoms with Gasteiger partial charge in [0.1, 0.15) is 11.4 Å². The highest BCUT2D eigenvalue weighted by molar-refractivity contribution is 7.91. The quantitative estimate of drug-likeness (QED) is 0.728. The van der Waals surface area contributed by atoms with E-state index in [9.17, 15) is 18.6 Å². The second-order valence-electron chi connectivity index (χ2n) is 5.46. The van der Waals surface area contributed by atoms with Crippen LogP contribution in [0, 0.1) is 11.3 Å². The van der Waals surface area contributed by atoms with Crippen molar-refractivity contribution in [1.82, 2.24) is 4.72 Å². The highest BCUT2D eigenvalue weighted by atomic mass is 32.2. The van der Waals surface area contributed by atoms with E-state index in [1.165, 1.54) is 12.1 Å². The van der Waals surface area contributed by atoms with Crippen molar-refractivity contribution in [3.8, 4) is 11.8 Å². The fourth-order valence-corrected chi connectivity index (χ4v) is 3.59. The van der Waals surface area contributed by atoms with E-state index in [2.05, 4.69) is 6.07 Å². The predicted octanol–water partition coefficient (Wildman–Crippen LogP) is 2.87. The highest BCUT2D eigenvalue weighted by Gasteiger charge is 2.30. The lowest BCUT2D eigenvalue weighted by atomic mass is 10.0. The van der Waals surface area contributed by atoms with Gasteiger partial charge in [-0.25, -0.2) is 9.03 Å². The van der Waals surface area contributed by atoms with Gasteiger partial charge in [0.25, 0.3) is 0 Å². The average molecular weight is 357 g/mol. The Morgan fingerprint density at radius 3 is 2.68 bits per heavy atom. The number of benzene rings is 2. The maximum atomic E-state index is 12.0. The second-order valence-corrected chi connectivity index (χ2v) is 7.01. The summed E-state index contributed by atoms with van der Waals surface area (Å²) in [6.45, 7) is 0. The summed E-state index contributed by atoms with van der Waals surface area (Å²) in [5.74, 6) is -0.741. The summed E-state index contributed by atoms with van der Waals surface area (Å²) in [6.07, 6.45) is 5.85. The first-order valence-corrected chi connectivity index (χ1v) is 8.88. The van der Waals surface area contributed by atoms with Crippen molar-refractivity contribution in [3.05, 3.63) is 54.1 Å². The van der Waals surface area contributed by atoms with E-state index in [-0.39, 0.29) is 11.4 Å². The number of anilines is 1. The van der Waals surface area contributed by atoms with Crippen LogP contribution < -0.4 is 9.03 Å². The minimum atomic E-state index is -3.97. The van der Waals surface area contributed by atoms with Gasteiger partial charge >= 0.3 is 10.2 Å². The van der Waals surface area contributed by atoms with Crippen LogP contribution in [0.2, 0.25) is 0 Å². The molecule has 8 heteroatoms. The third kappa shape index (κ3) is 3.36. The fourth-order valence-electron chi connectivity index (χ4n) is 2.53. The molecule has 0 saturated carbocycles. The number of aliphatic hydroxyl groups is 1. The Morgan fingerprint density at radius 2 is 2.00 bits per heavy atom. The van der Waals surface area contributed by atoms with Gasteiger partial charge in [-0.15, -0.1) is 0 Å². The van der Waals surface area contributed by atoms with Gasteiger partial charge in [0.15, 0.2) is 0 Å². The maximum absolute atomic E-state index is 12.0. The second kappa shape index (κ2) is 6.37. The van der Waals surface area contributed by atoms with Gasteiger partial charge in [0.05, 0.1) is 12.3 Å².